The molecule has 5 heteroatoms. The van der Waals surface area contributed by atoms with E-state index in [2.05, 4.69) is 4.98 Å². The zero-order valence-corrected chi connectivity index (χ0v) is 11.7. The average molecular weight is 265 g/mol. The number of amides is 1. The highest BCUT2D eigenvalue weighted by Crippen LogP contribution is 2.22. The molecule has 1 saturated heterocycles. The molecule has 1 aliphatic rings. The van der Waals surface area contributed by atoms with Gasteiger partial charge in [0.25, 0.3) is 5.91 Å². The predicted octanol–water partition coefficient (Wildman–Crippen LogP) is 1.58. The molecule has 2 atom stereocenters. The first-order valence-electron chi connectivity index (χ1n) is 7.05. The molecule has 1 N–H and O–H groups in total. The molecule has 106 valence electrons. The second-order valence-electron chi connectivity index (χ2n) is 5.48. The molecular weight excluding hydrogens is 242 g/mol. The van der Waals surface area contributed by atoms with Crippen molar-refractivity contribution in [2.75, 3.05) is 6.54 Å². The zero-order valence-electron chi connectivity index (χ0n) is 11.7. The van der Waals surface area contributed by atoms with Gasteiger partial charge in [0.15, 0.2) is 0 Å². The lowest BCUT2D eigenvalue weighted by molar-refractivity contribution is 0.0598. The maximum Gasteiger partial charge on any atom is 0.272 e. The largest absolute Gasteiger partial charge is 0.393 e. The van der Waals surface area contributed by atoms with Crippen molar-refractivity contribution in [3.05, 3.63) is 18.2 Å². The van der Waals surface area contributed by atoms with E-state index in [0.29, 0.717) is 12.1 Å². The Morgan fingerprint density at radius 3 is 2.95 bits per heavy atom. The van der Waals surface area contributed by atoms with E-state index in [1.54, 1.807) is 24.0 Å². The van der Waals surface area contributed by atoms with Crippen LogP contribution in [0.4, 0.5) is 0 Å². The SMILES string of the molecule is CC(O)CC1CCCCCN1C(=O)c1cncn1C. The van der Waals surface area contributed by atoms with E-state index < -0.39 is 0 Å². The molecule has 19 heavy (non-hydrogen) atoms. The van der Waals surface area contributed by atoms with Crippen LogP contribution in [0.3, 0.4) is 0 Å². The maximum absolute atomic E-state index is 12.6. The van der Waals surface area contributed by atoms with E-state index in [4.69, 9.17) is 0 Å². The normalized spacial score (nSPS) is 22.1. The van der Waals surface area contributed by atoms with Gasteiger partial charge in [-0.3, -0.25) is 4.79 Å². The van der Waals surface area contributed by atoms with Gasteiger partial charge in [-0.15, -0.1) is 0 Å². The van der Waals surface area contributed by atoms with Crippen molar-refractivity contribution in [1.82, 2.24) is 14.5 Å². The molecule has 0 radical (unpaired) electrons. The number of aryl methyl sites for hydroxylation is 1. The number of aliphatic hydroxyl groups is 1. The third kappa shape index (κ3) is 3.35. The fourth-order valence-corrected chi connectivity index (χ4v) is 2.79. The zero-order chi connectivity index (χ0) is 13.8. The molecule has 5 nitrogen and oxygen atoms in total. The Morgan fingerprint density at radius 1 is 1.53 bits per heavy atom. The number of rotatable bonds is 3. The summed E-state index contributed by atoms with van der Waals surface area (Å²) in [7, 11) is 1.84. The summed E-state index contributed by atoms with van der Waals surface area (Å²) in [6.45, 7) is 2.57. The molecule has 1 aliphatic heterocycles. The van der Waals surface area contributed by atoms with Crippen molar-refractivity contribution in [2.45, 2.75) is 51.2 Å². The van der Waals surface area contributed by atoms with Gasteiger partial charge in [-0.2, -0.15) is 0 Å². The van der Waals surface area contributed by atoms with Crippen LogP contribution < -0.4 is 0 Å². The number of carbonyl (C=O) groups excluding carboxylic acids is 1. The lowest BCUT2D eigenvalue weighted by atomic mass is 10.0. The Morgan fingerprint density at radius 2 is 2.32 bits per heavy atom. The molecule has 0 bridgehead atoms. The highest BCUT2D eigenvalue weighted by molar-refractivity contribution is 5.92. The first-order valence-corrected chi connectivity index (χ1v) is 7.05. The summed E-state index contributed by atoms with van der Waals surface area (Å²) in [5.74, 6) is 0.0348. The van der Waals surface area contributed by atoms with E-state index in [1.165, 1.54) is 0 Å². The molecule has 0 saturated carbocycles. The van der Waals surface area contributed by atoms with Crippen LogP contribution in [0.2, 0.25) is 0 Å². The minimum Gasteiger partial charge on any atom is -0.393 e. The van der Waals surface area contributed by atoms with Crippen molar-refractivity contribution in [2.24, 2.45) is 7.05 Å². The standard InChI is InChI=1S/C14H23N3O2/c1-11(18)8-12-6-4-3-5-7-17(12)14(19)13-9-15-10-16(13)2/h9-12,18H,3-8H2,1-2H3. The van der Waals surface area contributed by atoms with Crippen LogP contribution in [0.25, 0.3) is 0 Å². The van der Waals surface area contributed by atoms with Crippen molar-refractivity contribution < 1.29 is 9.90 Å². The topological polar surface area (TPSA) is 58.4 Å². The number of hydrogen-bond donors (Lipinski definition) is 1. The van der Waals surface area contributed by atoms with E-state index in [9.17, 15) is 9.90 Å². The lowest BCUT2D eigenvalue weighted by Crippen LogP contribution is -2.42. The van der Waals surface area contributed by atoms with Crippen LogP contribution in [-0.2, 0) is 7.05 Å². The minimum absolute atomic E-state index is 0.0348. The number of hydrogen-bond acceptors (Lipinski definition) is 3. The number of aliphatic hydroxyl groups excluding tert-OH is 1. The minimum atomic E-state index is -0.370. The number of carbonyl (C=O) groups is 1. The Bertz CT molecular complexity index is 428. The summed E-state index contributed by atoms with van der Waals surface area (Å²) in [4.78, 5) is 18.6. The molecule has 2 rings (SSSR count). The van der Waals surface area contributed by atoms with E-state index in [1.807, 2.05) is 11.9 Å². The highest BCUT2D eigenvalue weighted by Gasteiger charge is 2.28. The molecule has 1 aromatic heterocycles. The van der Waals surface area contributed by atoms with E-state index in [-0.39, 0.29) is 18.1 Å². The van der Waals surface area contributed by atoms with Gasteiger partial charge in [-0.05, 0) is 26.2 Å². The maximum atomic E-state index is 12.6. The van der Waals surface area contributed by atoms with Gasteiger partial charge < -0.3 is 14.6 Å². The number of aromatic nitrogens is 2. The molecular formula is C14H23N3O2. The molecule has 1 aromatic rings. The second kappa shape index (κ2) is 6.19. The Kier molecular flexibility index (Phi) is 4.58. The monoisotopic (exact) mass is 265 g/mol. The van der Waals surface area contributed by atoms with Gasteiger partial charge in [-0.25, -0.2) is 4.98 Å². The van der Waals surface area contributed by atoms with E-state index >= 15 is 0 Å². The molecule has 0 aliphatic carbocycles. The second-order valence-corrected chi connectivity index (χ2v) is 5.48. The van der Waals surface area contributed by atoms with Crippen LogP contribution in [0.5, 0.6) is 0 Å². The summed E-state index contributed by atoms with van der Waals surface area (Å²) >= 11 is 0. The van der Waals surface area contributed by atoms with Crippen molar-refractivity contribution in [1.29, 1.82) is 0 Å². The molecule has 1 amide bonds. The summed E-state index contributed by atoms with van der Waals surface area (Å²) in [5.41, 5.74) is 0.623. The summed E-state index contributed by atoms with van der Waals surface area (Å²) < 4.78 is 1.76. The number of likely N-dealkylation sites (tertiary alicyclic amines) is 1. The fraction of sp³-hybridized carbons (Fsp3) is 0.714. The van der Waals surface area contributed by atoms with Gasteiger partial charge in [0, 0.05) is 19.6 Å². The molecule has 2 heterocycles. The number of imidazole rings is 1. The van der Waals surface area contributed by atoms with Crippen LogP contribution in [0.15, 0.2) is 12.5 Å². The van der Waals surface area contributed by atoms with E-state index in [0.717, 1.165) is 32.2 Å². The quantitative estimate of drug-likeness (QED) is 0.902. The highest BCUT2D eigenvalue weighted by atomic mass is 16.3. The molecule has 2 unspecified atom stereocenters. The smallest absolute Gasteiger partial charge is 0.272 e. The predicted molar refractivity (Wildman–Crippen MR) is 72.8 cm³/mol. The van der Waals surface area contributed by atoms with Gasteiger partial charge >= 0.3 is 0 Å². The first kappa shape index (κ1) is 14.1. The Balaban J connectivity index is 2.17. The molecule has 0 aromatic carbocycles. The van der Waals surface area contributed by atoms with Crippen molar-refractivity contribution >= 4 is 5.91 Å². The third-order valence-electron chi connectivity index (χ3n) is 3.79. The van der Waals surface area contributed by atoms with Crippen LogP contribution in [0.1, 0.15) is 49.5 Å². The average Bonchev–Trinajstić information content (AvgIpc) is 2.64. The van der Waals surface area contributed by atoms with Crippen LogP contribution >= 0.6 is 0 Å². The number of nitrogens with zero attached hydrogens (tertiary/aromatic N) is 3. The Labute approximate surface area is 114 Å². The van der Waals surface area contributed by atoms with Gasteiger partial charge in [-0.1, -0.05) is 12.8 Å². The van der Waals surface area contributed by atoms with Crippen molar-refractivity contribution in [3.63, 3.8) is 0 Å². The fourth-order valence-electron chi connectivity index (χ4n) is 2.79. The molecule has 1 fully saturated rings. The Hall–Kier alpha value is -1.36. The summed E-state index contributed by atoms with van der Waals surface area (Å²) in [5, 5.41) is 9.63. The van der Waals surface area contributed by atoms with Gasteiger partial charge in [0.1, 0.15) is 5.69 Å². The lowest BCUT2D eigenvalue weighted by Gasteiger charge is -2.31. The summed E-state index contributed by atoms with van der Waals surface area (Å²) in [6.07, 6.45) is 7.86. The first-order chi connectivity index (χ1) is 9.09. The molecule has 0 spiro atoms. The van der Waals surface area contributed by atoms with Gasteiger partial charge in [0.05, 0.1) is 18.6 Å². The van der Waals surface area contributed by atoms with Crippen LogP contribution in [-0.4, -0.2) is 44.2 Å². The third-order valence-corrected chi connectivity index (χ3v) is 3.79. The summed E-state index contributed by atoms with van der Waals surface area (Å²) in [6, 6.07) is 0.143. The van der Waals surface area contributed by atoms with Crippen molar-refractivity contribution in [3.8, 4) is 0 Å². The van der Waals surface area contributed by atoms with Gasteiger partial charge in [0.2, 0.25) is 0 Å². The van der Waals surface area contributed by atoms with Crippen LogP contribution in [0, 0.1) is 0 Å².